The molecule has 0 saturated carbocycles. The van der Waals surface area contributed by atoms with Crippen LogP contribution in [-0.2, 0) is 27.4 Å². The van der Waals surface area contributed by atoms with E-state index in [4.69, 9.17) is 18.6 Å². The molecule has 2 amide bonds. The van der Waals surface area contributed by atoms with E-state index in [-0.39, 0.29) is 31.3 Å². The molecule has 0 N–H and O–H groups in total. The Hall–Kier alpha value is -3.00. The van der Waals surface area contributed by atoms with Gasteiger partial charge < -0.3 is 28.4 Å². The average molecular weight is 555 g/mol. The summed E-state index contributed by atoms with van der Waals surface area (Å²) in [4.78, 5) is 30.5. The van der Waals surface area contributed by atoms with Crippen molar-refractivity contribution < 1.29 is 28.2 Å². The van der Waals surface area contributed by atoms with E-state index in [9.17, 15) is 9.59 Å². The zero-order chi connectivity index (χ0) is 28.0. The fraction of sp³-hybridized carbons (Fsp3) is 0.625. The highest BCUT2D eigenvalue weighted by molar-refractivity contribution is 5.85. The lowest BCUT2D eigenvalue weighted by Gasteiger charge is -2.29. The maximum atomic E-state index is 13.7. The van der Waals surface area contributed by atoms with Crippen LogP contribution in [0, 0.1) is 0 Å². The molecule has 1 fully saturated rings. The van der Waals surface area contributed by atoms with E-state index in [1.165, 1.54) is 38.5 Å². The van der Waals surface area contributed by atoms with Gasteiger partial charge in [0.05, 0.1) is 25.5 Å². The lowest BCUT2D eigenvalue weighted by molar-refractivity contribution is -0.142. The first-order chi connectivity index (χ1) is 19.6. The molecule has 2 aliphatic heterocycles. The highest BCUT2D eigenvalue weighted by Gasteiger charge is 2.27. The number of furan rings is 1. The van der Waals surface area contributed by atoms with Crippen LogP contribution >= 0.6 is 0 Å². The van der Waals surface area contributed by atoms with Crippen LogP contribution in [0.3, 0.4) is 0 Å². The van der Waals surface area contributed by atoms with Crippen LogP contribution in [0.1, 0.15) is 95.3 Å². The molecule has 1 aromatic carbocycles. The van der Waals surface area contributed by atoms with E-state index in [1.54, 1.807) is 16.1 Å². The first kappa shape index (κ1) is 30.0. The molecule has 1 saturated heterocycles. The van der Waals surface area contributed by atoms with E-state index in [0.29, 0.717) is 49.9 Å². The summed E-state index contributed by atoms with van der Waals surface area (Å²) in [6.45, 7) is 4.34. The summed E-state index contributed by atoms with van der Waals surface area (Å²) in [7, 11) is 0. The van der Waals surface area contributed by atoms with Crippen LogP contribution in [0.2, 0.25) is 0 Å². The van der Waals surface area contributed by atoms with Gasteiger partial charge in [0, 0.05) is 26.1 Å². The van der Waals surface area contributed by atoms with Crippen molar-refractivity contribution in [3.8, 4) is 11.5 Å². The van der Waals surface area contributed by atoms with E-state index in [1.807, 2.05) is 30.3 Å². The number of ether oxygens (including phenoxy) is 3. The fourth-order valence-electron chi connectivity index (χ4n) is 5.38. The zero-order valence-corrected chi connectivity index (χ0v) is 24.1. The second kappa shape index (κ2) is 16.3. The van der Waals surface area contributed by atoms with E-state index in [2.05, 4.69) is 6.92 Å². The molecule has 0 spiro atoms. The summed E-state index contributed by atoms with van der Waals surface area (Å²) in [5.41, 5.74) is 0.927. The zero-order valence-electron chi connectivity index (χ0n) is 24.1. The predicted octanol–water partition coefficient (Wildman–Crippen LogP) is 6.47. The molecule has 4 rings (SSSR count). The number of carbonyl (C=O) groups is 2. The molecule has 0 radical (unpaired) electrons. The van der Waals surface area contributed by atoms with Gasteiger partial charge in [-0.05, 0) is 49.1 Å². The van der Waals surface area contributed by atoms with Crippen LogP contribution in [-0.4, -0.2) is 54.2 Å². The Morgan fingerprint density at radius 3 is 2.38 bits per heavy atom. The molecular weight excluding hydrogens is 508 g/mol. The highest BCUT2D eigenvalue weighted by atomic mass is 16.7. The Labute approximate surface area is 238 Å². The van der Waals surface area contributed by atoms with Gasteiger partial charge in [-0.1, -0.05) is 64.4 Å². The van der Waals surface area contributed by atoms with Gasteiger partial charge in [-0.25, -0.2) is 0 Å². The number of hydrogen-bond acceptors (Lipinski definition) is 6. The Balaban J connectivity index is 1.34. The van der Waals surface area contributed by atoms with Crippen molar-refractivity contribution in [2.24, 2.45) is 0 Å². The molecule has 0 unspecified atom stereocenters. The van der Waals surface area contributed by atoms with Crippen molar-refractivity contribution in [3.63, 3.8) is 0 Å². The van der Waals surface area contributed by atoms with E-state index < -0.39 is 0 Å². The Morgan fingerprint density at radius 1 is 0.875 bits per heavy atom. The third-order valence-corrected chi connectivity index (χ3v) is 7.71. The van der Waals surface area contributed by atoms with Crippen molar-refractivity contribution in [1.29, 1.82) is 0 Å². The molecule has 2 aromatic rings. The third kappa shape index (κ3) is 9.58. The summed E-state index contributed by atoms with van der Waals surface area (Å²) in [6, 6.07) is 9.39. The second-order valence-electron chi connectivity index (χ2n) is 11.0. The molecule has 1 aromatic heterocycles. The Morgan fingerprint density at radius 2 is 1.65 bits per heavy atom. The van der Waals surface area contributed by atoms with E-state index >= 15 is 0 Å². The molecule has 8 heteroatoms. The molecule has 40 heavy (non-hydrogen) atoms. The molecule has 3 heterocycles. The average Bonchev–Trinajstić information content (AvgIpc) is 3.75. The smallest absolute Gasteiger partial charge is 0.242 e. The maximum absolute atomic E-state index is 13.7. The number of amides is 2. The molecule has 1 atom stereocenters. The van der Waals surface area contributed by atoms with Gasteiger partial charge >= 0.3 is 0 Å². The lowest BCUT2D eigenvalue weighted by atomic mass is 10.1. The molecule has 0 aliphatic carbocycles. The van der Waals surface area contributed by atoms with Gasteiger partial charge in [-0.3, -0.25) is 9.59 Å². The minimum absolute atomic E-state index is 0.00717. The third-order valence-electron chi connectivity index (χ3n) is 7.71. The number of unbranched alkanes of at least 4 members (excludes halogenated alkanes) is 8. The summed E-state index contributed by atoms with van der Waals surface area (Å²) in [6.07, 6.45) is 14.8. The number of rotatable bonds is 18. The number of benzene rings is 1. The first-order valence-corrected chi connectivity index (χ1v) is 15.2. The first-order valence-electron chi connectivity index (χ1n) is 15.2. The summed E-state index contributed by atoms with van der Waals surface area (Å²) < 4.78 is 22.4. The van der Waals surface area contributed by atoms with Gasteiger partial charge in [0.25, 0.3) is 0 Å². The molecule has 2 aliphatic rings. The minimum atomic E-state index is -0.118. The highest BCUT2D eigenvalue weighted by Crippen LogP contribution is 2.33. The summed E-state index contributed by atoms with van der Waals surface area (Å²) in [5.74, 6) is 2.00. The van der Waals surface area contributed by atoms with Gasteiger partial charge in [-0.2, -0.15) is 0 Å². The van der Waals surface area contributed by atoms with E-state index in [0.717, 1.165) is 37.7 Å². The summed E-state index contributed by atoms with van der Waals surface area (Å²) in [5, 5.41) is 0. The molecule has 0 bridgehead atoms. The van der Waals surface area contributed by atoms with Crippen LogP contribution < -0.4 is 9.47 Å². The van der Waals surface area contributed by atoms with Crippen molar-refractivity contribution >= 4 is 11.8 Å². The van der Waals surface area contributed by atoms with Gasteiger partial charge in [0.15, 0.2) is 11.5 Å². The van der Waals surface area contributed by atoms with Crippen LogP contribution in [0.25, 0.3) is 0 Å². The molecular formula is C32H46N2O6. The normalized spacial score (nSPS) is 15.9. The topological polar surface area (TPSA) is 81.5 Å². The van der Waals surface area contributed by atoms with Crippen LogP contribution in [0.4, 0.5) is 0 Å². The summed E-state index contributed by atoms with van der Waals surface area (Å²) >= 11 is 0. The number of hydrogen-bond donors (Lipinski definition) is 0. The lowest BCUT2D eigenvalue weighted by Crippen LogP contribution is -2.45. The Kier molecular flexibility index (Phi) is 12.2. The van der Waals surface area contributed by atoms with Crippen molar-refractivity contribution in [1.82, 2.24) is 9.80 Å². The standard InChI is InChI=1S/C32H46N2O6/c1-2-3-4-5-6-7-8-9-10-15-31(35)34(23-28-14-12-19-38-28)24-32(36)33(22-27-13-11-18-37-27)21-26-16-17-29-30(20-26)40-25-39-29/h11,13,16-18,20,28H,2-10,12,14-15,19,21-25H2,1H3/t28-/m1/s1. The quantitative estimate of drug-likeness (QED) is 0.197. The van der Waals surface area contributed by atoms with Crippen LogP contribution in [0.5, 0.6) is 11.5 Å². The maximum Gasteiger partial charge on any atom is 0.242 e. The number of nitrogens with zero attached hydrogens (tertiary/aromatic N) is 2. The molecule has 220 valence electrons. The number of fused-ring (bicyclic) bond motifs is 1. The second-order valence-corrected chi connectivity index (χ2v) is 11.0. The van der Waals surface area contributed by atoms with Crippen molar-refractivity contribution in [2.45, 2.75) is 103 Å². The fourth-order valence-corrected chi connectivity index (χ4v) is 5.38. The monoisotopic (exact) mass is 554 g/mol. The largest absolute Gasteiger partial charge is 0.467 e. The minimum Gasteiger partial charge on any atom is -0.467 e. The van der Waals surface area contributed by atoms with Crippen molar-refractivity contribution in [2.75, 3.05) is 26.5 Å². The van der Waals surface area contributed by atoms with Gasteiger partial charge in [0.2, 0.25) is 18.6 Å². The SMILES string of the molecule is CCCCCCCCCCCC(=O)N(CC(=O)N(Cc1ccc2c(c1)OCO2)Cc1ccco1)C[C@H]1CCCO1. The van der Waals surface area contributed by atoms with Crippen molar-refractivity contribution in [3.05, 3.63) is 47.9 Å². The Bertz CT molecular complexity index is 1030. The number of carbonyl (C=O) groups excluding carboxylic acids is 2. The van der Waals surface area contributed by atoms with Gasteiger partial charge in [0.1, 0.15) is 5.76 Å². The van der Waals surface area contributed by atoms with Gasteiger partial charge in [-0.15, -0.1) is 0 Å². The van der Waals surface area contributed by atoms with Crippen LogP contribution in [0.15, 0.2) is 41.0 Å². The predicted molar refractivity (Wildman–Crippen MR) is 153 cm³/mol. The molecule has 8 nitrogen and oxygen atoms in total.